The number of nitrogens with one attached hydrogen (secondary N) is 2. The zero-order chi connectivity index (χ0) is 29.6. The summed E-state index contributed by atoms with van der Waals surface area (Å²) in [6.45, 7) is 2.06. The number of nitrogens with zero attached hydrogens (tertiary/aromatic N) is 1. The average molecular weight is 590 g/mol. The lowest BCUT2D eigenvalue weighted by molar-refractivity contribution is -0.127. The molecule has 1 saturated heterocycles. The van der Waals surface area contributed by atoms with Gasteiger partial charge in [0.15, 0.2) is 29.6 Å². The first-order valence-electron chi connectivity index (χ1n) is 12.9. The lowest BCUT2D eigenvalue weighted by Crippen LogP contribution is -2.36. The van der Waals surface area contributed by atoms with E-state index in [1.54, 1.807) is 42.5 Å². The Balaban J connectivity index is 1.19. The maximum Gasteiger partial charge on any atom is 0.294 e. The standard InChI is InChI=1S/C30H27N3O8S/c1-18-5-3-4-6-21(18)32-28(35)17-41-22-9-7-19(13-24(22)38-2)14-26-29(36)33(30(37)42-26)16-27(34)31-20-8-10-23-25(15-20)40-12-11-39-23/h3-10,13-15H,11-12,16-17H2,1-2H3,(H,31,34)(H,32,35)/b26-14-. The van der Waals surface area contributed by atoms with Crippen LogP contribution in [0.3, 0.4) is 0 Å². The van der Waals surface area contributed by atoms with Gasteiger partial charge in [-0.3, -0.25) is 24.1 Å². The van der Waals surface area contributed by atoms with Gasteiger partial charge < -0.3 is 29.6 Å². The molecule has 2 aliphatic heterocycles. The van der Waals surface area contributed by atoms with Gasteiger partial charge in [-0.2, -0.15) is 0 Å². The molecule has 2 N–H and O–H groups in total. The van der Waals surface area contributed by atoms with Crippen molar-refractivity contribution in [3.63, 3.8) is 0 Å². The van der Waals surface area contributed by atoms with Crippen LogP contribution in [0.5, 0.6) is 23.0 Å². The summed E-state index contributed by atoms with van der Waals surface area (Å²) in [5.41, 5.74) is 2.64. The van der Waals surface area contributed by atoms with Crippen LogP contribution in [0.4, 0.5) is 16.2 Å². The van der Waals surface area contributed by atoms with Crippen molar-refractivity contribution in [3.8, 4) is 23.0 Å². The lowest BCUT2D eigenvalue weighted by atomic mass is 10.2. The van der Waals surface area contributed by atoms with Crippen LogP contribution < -0.4 is 29.6 Å². The maximum atomic E-state index is 13.0. The number of hydrogen-bond donors (Lipinski definition) is 2. The molecule has 1 fully saturated rings. The van der Waals surface area contributed by atoms with Crippen LogP contribution in [0.25, 0.3) is 6.08 Å². The highest BCUT2D eigenvalue weighted by Gasteiger charge is 2.36. The van der Waals surface area contributed by atoms with E-state index in [-0.39, 0.29) is 17.4 Å². The summed E-state index contributed by atoms with van der Waals surface area (Å²) < 4.78 is 22.1. The molecule has 3 aromatic rings. The van der Waals surface area contributed by atoms with Crippen LogP contribution >= 0.6 is 11.8 Å². The highest BCUT2D eigenvalue weighted by atomic mass is 32.2. The third-order valence-electron chi connectivity index (χ3n) is 6.26. The molecule has 0 aromatic heterocycles. The summed E-state index contributed by atoms with van der Waals surface area (Å²) in [6.07, 6.45) is 1.53. The Hall–Kier alpha value is -4.97. The van der Waals surface area contributed by atoms with Gasteiger partial charge >= 0.3 is 0 Å². The first kappa shape index (κ1) is 28.6. The number of carbonyl (C=O) groups is 4. The van der Waals surface area contributed by atoms with Gasteiger partial charge in [0.25, 0.3) is 17.1 Å². The fraction of sp³-hybridized carbons (Fsp3) is 0.200. The van der Waals surface area contributed by atoms with E-state index in [2.05, 4.69) is 10.6 Å². The number of aryl methyl sites for hydroxylation is 1. The van der Waals surface area contributed by atoms with Gasteiger partial charge in [-0.25, -0.2) is 0 Å². The molecule has 0 spiro atoms. The van der Waals surface area contributed by atoms with Crippen molar-refractivity contribution in [1.29, 1.82) is 0 Å². The molecule has 42 heavy (non-hydrogen) atoms. The van der Waals surface area contributed by atoms with Crippen LogP contribution in [0, 0.1) is 6.92 Å². The molecule has 0 unspecified atom stereocenters. The van der Waals surface area contributed by atoms with E-state index in [0.717, 1.165) is 22.2 Å². The molecule has 5 rings (SSSR count). The SMILES string of the molecule is COc1cc(/C=C2\SC(=O)N(CC(=O)Nc3ccc4c(c3)OCCO4)C2=O)ccc1OCC(=O)Nc1ccccc1C. The predicted molar refractivity (Wildman–Crippen MR) is 157 cm³/mol. The number of hydrogen-bond acceptors (Lipinski definition) is 9. The number of imide groups is 1. The van der Waals surface area contributed by atoms with E-state index >= 15 is 0 Å². The second kappa shape index (κ2) is 12.7. The monoisotopic (exact) mass is 589 g/mol. The number of methoxy groups -OCH3 is 1. The van der Waals surface area contributed by atoms with Gasteiger partial charge in [0, 0.05) is 17.4 Å². The van der Waals surface area contributed by atoms with Gasteiger partial charge in [-0.05, 0) is 66.2 Å². The van der Waals surface area contributed by atoms with Gasteiger partial charge in [0.05, 0.1) is 12.0 Å². The topological polar surface area (TPSA) is 133 Å². The van der Waals surface area contributed by atoms with Crippen LogP contribution in [-0.2, 0) is 14.4 Å². The summed E-state index contributed by atoms with van der Waals surface area (Å²) in [5.74, 6) is 0.297. The first-order valence-corrected chi connectivity index (χ1v) is 13.7. The predicted octanol–water partition coefficient (Wildman–Crippen LogP) is 4.47. The molecule has 3 aromatic carbocycles. The zero-order valence-electron chi connectivity index (χ0n) is 22.8. The normalized spacial score (nSPS) is 15.0. The van der Waals surface area contributed by atoms with E-state index in [0.29, 0.717) is 53.2 Å². The van der Waals surface area contributed by atoms with Crippen molar-refractivity contribution in [3.05, 3.63) is 76.7 Å². The number of thioether (sulfide) groups is 1. The summed E-state index contributed by atoms with van der Waals surface area (Å²) in [7, 11) is 1.45. The fourth-order valence-electron chi connectivity index (χ4n) is 4.19. The third kappa shape index (κ3) is 6.66. The average Bonchev–Trinajstić information content (AvgIpc) is 3.24. The molecule has 11 nitrogen and oxygen atoms in total. The molecule has 0 aliphatic carbocycles. The van der Waals surface area contributed by atoms with Crippen molar-refractivity contribution in [1.82, 2.24) is 4.90 Å². The summed E-state index contributed by atoms with van der Waals surface area (Å²) in [6, 6.07) is 17.3. The summed E-state index contributed by atoms with van der Waals surface area (Å²) >= 11 is 0.734. The molecule has 12 heteroatoms. The van der Waals surface area contributed by atoms with Crippen LogP contribution in [-0.4, -0.2) is 61.3 Å². The first-order chi connectivity index (χ1) is 20.3. The summed E-state index contributed by atoms with van der Waals surface area (Å²) in [5, 5.41) is 4.91. The zero-order valence-corrected chi connectivity index (χ0v) is 23.6. The van der Waals surface area contributed by atoms with E-state index < -0.39 is 23.6 Å². The molecule has 2 heterocycles. The van der Waals surface area contributed by atoms with Crippen molar-refractivity contribution in [2.75, 3.05) is 44.1 Å². The van der Waals surface area contributed by atoms with Crippen molar-refractivity contribution >= 4 is 52.2 Å². The molecule has 0 saturated carbocycles. The number of amides is 4. The highest BCUT2D eigenvalue weighted by Crippen LogP contribution is 2.35. The number of anilines is 2. The van der Waals surface area contributed by atoms with Gasteiger partial charge in [-0.15, -0.1) is 0 Å². The number of ether oxygens (including phenoxy) is 4. The Labute approximate surface area is 245 Å². The number of carbonyl (C=O) groups excluding carboxylic acids is 4. The molecule has 2 aliphatic rings. The van der Waals surface area contributed by atoms with E-state index in [1.807, 2.05) is 25.1 Å². The van der Waals surface area contributed by atoms with Crippen LogP contribution in [0.2, 0.25) is 0 Å². The van der Waals surface area contributed by atoms with E-state index in [9.17, 15) is 19.2 Å². The van der Waals surface area contributed by atoms with Crippen LogP contribution in [0.15, 0.2) is 65.6 Å². The minimum Gasteiger partial charge on any atom is -0.493 e. The molecule has 0 bridgehead atoms. The smallest absolute Gasteiger partial charge is 0.294 e. The second-order valence-corrected chi connectivity index (χ2v) is 10.2. The Morgan fingerprint density at radius 1 is 0.952 bits per heavy atom. The van der Waals surface area contributed by atoms with Gasteiger partial charge in [-0.1, -0.05) is 24.3 Å². The minimum absolute atomic E-state index is 0.153. The number of fused-ring (bicyclic) bond motifs is 1. The highest BCUT2D eigenvalue weighted by molar-refractivity contribution is 8.18. The van der Waals surface area contributed by atoms with E-state index in [4.69, 9.17) is 18.9 Å². The van der Waals surface area contributed by atoms with Crippen molar-refractivity contribution in [2.24, 2.45) is 0 Å². The fourth-order valence-corrected chi connectivity index (χ4v) is 5.03. The largest absolute Gasteiger partial charge is 0.493 e. The molecule has 4 amide bonds. The van der Waals surface area contributed by atoms with Crippen molar-refractivity contribution < 1.29 is 38.1 Å². The molecule has 0 radical (unpaired) electrons. The van der Waals surface area contributed by atoms with Crippen molar-refractivity contribution in [2.45, 2.75) is 6.92 Å². The number of benzene rings is 3. The summed E-state index contributed by atoms with van der Waals surface area (Å²) in [4.78, 5) is 51.6. The quantitative estimate of drug-likeness (QED) is 0.347. The Morgan fingerprint density at radius 2 is 1.74 bits per heavy atom. The Bertz CT molecular complexity index is 1590. The van der Waals surface area contributed by atoms with Crippen LogP contribution in [0.1, 0.15) is 11.1 Å². The third-order valence-corrected chi connectivity index (χ3v) is 7.17. The molecule has 216 valence electrons. The number of rotatable bonds is 9. The van der Waals surface area contributed by atoms with E-state index in [1.165, 1.54) is 13.2 Å². The molecule has 0 atom stereocenters. The van der Waals surface area contributed by atoms with Gasteiger partial charge in [0.2, 0.25) is 5.91 Å². The maximum absolute atomic E-state index is 13.0. The molecular formula is C30H27N3O8S. The lowest BCUT2D eigenvalue weighted by Gasteiger charge is -2.19. The second-order valence-electron chi connectivity index (χ2n) is 9.24. The Kier molecular flexibility index (Phi) is 8.63. The van der Waals surface area contributed by atoms with Gasteiger partial charge in [0.1, 0.15) is 19.8 Å². The minimum atomic E-state index is -0.588. The number of para-hydroxylation sites is 1. The Morgan fingerprint density at radius 3 is 2.52 bits per heavy atom. The molecular weight excluding hydrogens is 562 g/mol.